The van der Waals surface area contributed by atoms with Crippen LogP contribution in [0.15, 0.2) is 41.2 Å². The molecule has 4 rings (SSSR count). The summed E-state index contributed by atoms with van der Waals surface area (Å²) in [6.07, 6.45) is 0. The van der Waals surface area contributed by atoms with Crippen LogP contribution in [-0.2, 0) is 0 Å². The van der Waals surface area contributed by atoms with Gasteiger partial charge in [0, 0.05) is 10.7 Å². The number of rotatable bonds is 0. The first kappa shape index (κ1) is 12.1. The quantitative estimate of drug-likeness (QED) is 0.505. The molecule has 0 bridgehead atoms. The van der Waals surface area contributed by atoms with Crippen molar-refractivity contribution in [2.45, 2.75) is 0 Å². The van der Waals surface area contributed by atoms with Crippen molar-refractivity contribution in [3.8, 4) is 5.69 Å². The Labute approximate surface area is 123 Å². The summed E-state index contributed by atoms with van der Waals surface area (Å²) in [5.41, 5.74) is 7.20. The summed E-state index contributed by atoms with van der Waals surface area (Å²) in [7, 11) is 0. The molecule has 0 radical (unpaired) electrons. The van der Waals surface area contributed by atoms with Gasteiger partial charge in [0.1, 0.15) is 0 Å². The molecule has 5 nitrogen and oxygen atoms in total. The second-order valence-corrected chi connectivity index (χ2v) is 5.28. The number of nitrogen functional groups attached to an aromatic ring is 1. The Morgan fingerprint density at radius 1 is 1.10 bits per heavy atom. The Morgan fingerprint density at radius 3 is 2.71 bits per heavy atom. The summed E-state index contributed by atoms with van der Waals surface area (Å²) >= 11 is 5.92. The zero-order valence-corrected chi connectivity index (χ0v) is 11.4. The fraction of sp³-hybridized carbons (Fsp3) is 0. The minimum absolute atomic E-state index is 0.0929. The van der Waals surface area contributed by atoms with Gasteiger partial charge in [-0.25, -0.2) is 4.98 Å². The summed E-state index contributed by atoms with van der Waals surface area (Å²) < 4.78 is 1.33. The highest BCUT2D eigenvalue weighted by Gasteiger charge is 2.30. The maximum Gasteiger partial charge on any atom is 0.266 e. The van der Waals surface area contributed by atoms with Crippen LogP contribution in [0.4, 0.5) is 5.69 Å². The molecule has 0 spiro atoms. The molecule has 3 aromatic rings. The monoisotopic (exact) mass is 297 g/mol. The predicted molar refractivity (Wildman–Crippen MR) is 80.2 cm³/mol. The number of nitrogens with two attached hydrogens (primary N) is 1. The molecule has 0 unspecified atom stereocenters. The van der Waals surface area contributed by atoms with Crippen molar-refractivity contribution in [2.24, 2.45) is 0 Å². The Kier molecular flexibility index (Phi) is 2.26. The van der Waals surface area contributed by atoms with E-state index in [9.17, 15) is 9.59 Å². The standard InChI is InChI=1S/C15H8ClN3O2/c16-7-1-3-9-11(5-7)18-14-13(20)10-6-8(17)2-4-12(10)19(14)15(9)21/h1-6H,17H2. The SMILES string of the molecule is Nc1ccc2c(c1)C(=O)c1nc3cc(Cl)ccc3c(=O)n1-2. The van der Waals surface area contributed by atoms with Crippen LogP contribution in [0, 0.1) is 0 Å². The lowest BCUT2D eigenvalue weighted by molar-refractivity contribution is 0.103. The van der Waals surface area contributed by atoms with Gasteiger partial charge in [-0.2, -0.15) is 0 Å². The molecule has 1 aromatic heterocycles. The van der Waals surface area contributed by atoms with Gasteiger partial charge in [0.25, 0.3) is 5.56 Å². The van der Waals surface area contributed by atoms with E-state index in [1.807, 2.05) is 0 Å². The summed E-state index contributed by atoms with van der Waals surface area (Å²) in [6.45, 7) is 0. The van der Waals surface area contributed by atoms with E-state index in [4.69, 9.17) is 17.3 Å². The second kappa shape index (κ2) is 3.93. The summed E-state index contributed by atoms with van der Waals surface area (Å²) in [6, 6.07) is 9.68. The van der Waals surface area contributed by atoms with E-state index in [2.05, 4.69) is 4.98 Å². The lowest BCUT2D eigenvalue weighted by atomic mass is 10.1. The van der Waals surface area contributed by atoms with Crippen molar-refractivity contribution >= 4 is 34.0 Å². The highest BCUT2D eigenvalue weighted by Crippen LogP contribution is 2.28. The molecule has 2 aromatic carbocycles. The Hall–Kier alpha value is -2.66. The van der Waals surface area contributed by atoms with Crippen molar-refractivity contribution in [1.29, 1.82) is 0 Å². The molecule has 1 aliphatic heterocycles. The van der Waals surface area contributed by atoms with E-state index in [0.717, 1.165) is 0 Å². The van der Waals surface area contributed by atoms with Crippen LogP contribution in [0.25, 0.3) is 16.6 Å². The lowest BCUT2D eigenvalue weighted by Gasteiger charge is -2.05. The molecule has 1 aliphatic rings. The Bertz CT molecular complexity index is 1010. The van der Waals surface area contributed by atoms with Gasteiger partial charge in [-0.05, 0) is 36.4 Å². The number of carbonyl (C=O) groups is 1. The molecular formula is C15H8ClN3O2. The number of hydrogen-bond donors (Lipinski definition) is 1. The van der Waals surface area contributed by atoms with E-state index in [1.54, 1.807) is 36.4 Å². The van der Waals surface area contributed by atoms with Gasteiger partial charge >= 0.3 is 0 Å². The maximum atomic E-state index is 12.6. The topological polar surface area (TPSA) is 78.0 Å². The second-order valence-electron chi connectivity index (χ2n) is 4.84. The molecule has 102 valence electrons. The first-order valence-corrected chi connectivity index (χ1v) is 6.61. The molecular weight excluding hydrogens is 290 g/mol. The van der Waals surface area contributed by atoms with Gasteiger partial charge in [0.15, 0.2) is 5.82 Å². The number of benzene rings is 2. The normalized spacial score (nSPS) is 12.5. The van der Waals surface area contributed by atoms with E-state index >= 15 is 0 Å². The lowest BCUT2D eigenvalue weighted by Crippen LogP contribution is -2.21. The van der Waals surface area contributed by atoms with E-state index < -0.39 is 0 Å². The largest absolute Gasteiger partial charge is 0.399 e. The fourth-order valence-corrected chi connectivity index (χ4v) is 2.75. The van der Waals surface area contributed by atoms with Gasteiger partial charge < -0.3 is 5.73 Å². The number of hydrogen-bond acceptors (Lipinski definition) is 4. The third-order valence-electron chi connectivity index (χ3n) is 3.54. The molecule has 0 saturated heterocycles. The van der Waals surface area contributed by atoms with E-state index in [0.29, 0.717) is 32.9 Å². The highest BCUT2D eigenvalue weighted by molar-refractivity contribution is 6.31. The average molecular weight is 298 g/mol. The molecule has 0 saturated carbocycles. The van der Waals surface area contributed by atoms with Crippen molar-refractivity contribution < 1.29 is 4.79 Å². The summed E-state index contributed by atoms with van der Waals surface area (Å²) in [5, 5.41) is 0.882. The minimum atomic E-state index is -0.309. The smallest absolute Gasteiger partial charge is 0.266 e. The zero-order valence-electron chi connectivity index (χ0n) is 10.6. The minimum Gasteiger partial charge on any atom is -0.399 e. The number of anilines is 1. The van der Waals surface area contributed by atoms with Gasteiger partial charge in [0.05, 0.1) is 22.2 Å². The third-order valence-corrected chi connectivity index (χ3v) is 3.78. The van der Waals surface area contributed by atoms with Crippen LogP contribution in [0.5, 0.6) is 0 Å². The molecule has 0 amide bonds. The molecule has 2 heterocycles. The van der Waals surface area contributed by atoms with Crippen LogP contribution in [0.3, 0.4) is 0 Å². The van der Waals surface area contributed by atoms with Crippen molar-refractivity contribution in [2.75, 3.05) is 5.73 Å². The van der Waals surface area contributed by atoms with E-state index in [1.165, 1.54) is 4.57 Å². The molecule has 0 fully saturated rings. The number of carbonyl (C=O) groups excluding carboxylic acids is 1. The van der Waals surface area contributed by atoms with E-state index in [-0.39, 0.29) is 17.2 Å². The Balaban J connectivity index is 2.17. The van der Waals surface area contributed by atoms with Crippen molar-refractivity contribution in [3.05, 3.63) is 63.2 Å². The average Bonchev–Trinajstić information content (AvgIpc) is 2.72. The van der Waals surface area contributed by atoms with Crippen LogP contribution >= 0.6 is 11.6 Å². The molecule has 0 aliphatic carbocycles. The zero-order chi connectivity index (χ0) is 14.7. The van der Waals surface area contributed by atoms with Crippen LogP contribution < -0.4 is 11.3 Å². The number of aromatic nitrogens is 2. The number of fused-ring (bicyclic) bond motifs is 4. The number of nitrogens with zero attached hydrogens (tertiary/aromatic N) is 2. The third kappa shape index (κ3) is 1.55. The highest BCUT2D eigenvalue weighted by atomic mass is 35.5. The van der Waals surface area contributed by atoms with Gasteiger partial charge in [-0.3, -0.25) is 14.2 Å². The van der Waals surface area contributed by atoms with Gasteiger partial charge in [-0.1, -0.05) is 11.6 Å². The van der Waals surface area contributed by atoms with Crippen LogP contribution in [0.2, 0.25) is 5.02 Å². The first-order chi connectivity index (χ1) is 10.1. The van der Waals surface area contributed by atoms with Gasteiger partial charge in [0.2, 0.25) is 5.78 Å². The first-order valence-electron chi connectivity index (χ1n) is 6.23. The number of ketones is 1. The molecule has 21 heavy (non-hydrogen) atoms. The predicted octanol–water partition coefficient (Wildman–Crippen LogP) is 2.17. The van der Waals surface area contributed by atoms with Crippen molar-refractivity contribution in [1.82, 2.24) is 9.55 Å². The summed E-state index contributed by atoms with van der Waals surface area (Å²) in [4.78, 5) is 29.3. The fourth-order valence-electron chi connectivity index (χ4n) is 2.59. The number of halogens is 1. The van der Waals surface area contributed by atoms with Gasteiger partial charge in [-0.15, -0.1) is 0 Å². The maximum absolute atomic E-state index is 12.6. The Morgan fingerprint density at radius 2 is 1.90 bits per heavy atom. The van der Waals surface area contributed by atoms with Crippen molar-refractivity contribution in [3.63, 3.8) is 0 Å². The van der Waals surface area contributed by atoms with Crippen LogP contribution in [-0.4, -0.2) is 15.3 Å². The molecule has 2 N–H and O–H groups in total. The van der Waals surface area contributed by atoms with Crippen LogP contribution in [0.1, 0.15) is 16.2 Å². The molecule has 0 atom stereocenters. The summed E-state index contributed by atoms with van der Waals surface area (Å²) in [5.74, 6) is -0.216. The molecule has 6 heteroatoms.